The number of primary amides is 1. The van der Waals surface area contributed by atoms with Crippen molar-refractivity contribution in [2.24, 2.45) is 17.6 Å². The Morgan fingerprint density at radius 3 is 1.30 bits per heavy atom. The van der Waals surface area contributed by atoms with E-state index in [1.807, 2.05) is 18.7 Å². The quantitative estimate of drug-likeness (QED) is 0.214. The highest BCUT2D eigenvalue weighted by atomic mass is 16.2. The standard InChI is InChI=1S/C34H56N8O8/c1-21(2)31(33(35)49)40-19-27(45)36-15-26(44)39-18-30(48)41(20-28(46)37-16-25(43)38-17-29(40)47)32(22(3)4)34(50)42(23-11-7-5-8-12-23)24-13-9-6-10-14-24/h21-24,31-32H,5-20H2,1-4H3,(H2,35,49)(H,36,45)(H,37,46)(H,38,43)(H,39,44). The highest BCUT2D eigenvalue weighted by Gasteiger charge is 2.41. The highest BCUT2D eigenvalue weighted by molar-refractivity contribution is 5.96. The van der Waals surface area contributed by atoms with Gasteiger partial charge in [0.2, 0.25) is 47.3 Å². The third-order valence-electron chi connectivity index (χ3n) is 9.70. The molecule has 2 unspecified atom stereocenters. The van der Waals surface area contributed by atoms with Crippen LogP contribution in [0.1, 0.15) is 91.9 Å². The van der Waals surface area contributed by atoms with Gasteiger partial charge in [0.15, 0.2) is 0 Å². The van der Waals surface area contributed by atoms with Crippen LogP contribution in [0.15, 0.2) is 0 Å². The fourth-order valence-corrected chi connectivity index (χ4v) is 7.29. The summed E-state index contributed by atoms with van der Waals surface area (Å²) in [6.45, 7) is 3.42. The lowest BCUT2D eigenvalue weighted by atomic mass is 9.87. The summed E-state index contributed by atoms with van der Waals surface area (Å²) in [5.41, 5.74) is 5.52. The molecule has 0 radical (unpaired) electrons. The highest BCUT2D eigenvalue weighted by Crippen LogP contribution is 2.32. The molecule has 0 aromatic carbocycles. The van der Waals surface area contributed by atoms with E-state index in [9.17, 15) is 38.4 Å². The van der Waals surface area contributed by atoms with E-state index >= 15 is 0 Å². The van der Waals surface area contributed by atoms with E-state index in [1.54, 1.807) is 13.8 Å². The molecular weight excluding hydrogens is 648 g/mol. The zero-order valence-electron chi connectivity index (χ0n) is 30.0. The van der Waals surface area contributed by atoms with E-state index < -0.39 is 105 Å². The van der Waals surface area contributed by atoms with Gasteiger partial charge in [-0.25, -0.2) is 0 Å². The Hall–Kier alpha value is -4.24. The lowest BCUT2D eigenvalue weighted by Gasteiger charge is -2.45. The molecule has 6 N–H and O–H groups in total. The largest absolute Gasteiger partial charge is 0.368 e. The maximum atomic E-state index is 14.6. The van der Waals surface area contributed by atoms with Crippen molar-refractivity contribution < 1.29 is 38.4 Å². The maximum absolute atomic E-state index is 14.6. The van der Waals surface area contributed by atoms with Gasteiger partial charge in [0.1, 0.15) is 25.2 Å². The Morgan fingerprint density at radius 1 is 0.580 bits per heavy atom. The van der Waals surface area contributed by atoms with E-state index in [4.69, 9.17) is 5.73 Å². The minimum atomic E-state index is -1.18. The topological polar surface area (TPSA) is 220 Å². The molecule has 16 nitrogen and oxygen atoms in total. The zero-order valence-corrected chi connectivity index (χ0v) is 30.0. The Labute approximate surface area is 294 Å². The van der Waals surface area contributed by atoms with Crippen molar-refractivity contribution in [3.63, 3.8) is 0 Å². The molecule has 2 atom stereocenters. The van der Waals surface area contributed by atoms with Gasteiger partial charge in [-0.2, -0.15) is 0 Å². The fraction of sp³-hybridized carbons (Fsp3) is 0.765. The number of carbonyl (C=O) groups excluding carboxylic acids is 8. The Balaban J connectivity index is 1.88. The lowest BCUT2D eigenvalue weighted by Crippen LogP contribution is -2.61. The van der Waals surface area contributed by atoms with Gasteiger partial charge >= 0.3 is 0 Å². The first-order valence-electron chi connectivity index (χ1n) is 18.0. The van der Waals surface area contributed by atoms with Crippen molar-refractivity contribution >= 4 is 47.3 Å². The molecule has 3 fully saturated rings. The van der Waals surface area contributed by atoms with Crippen LogP contribution in [-0.2, 0) is 38.4 Å². The Morgan fingerprint density at radius 2 is 0.940 bits per heavy atom. The van der Waals surface area contributed by atoms with Crippen molar-refractivity contribution in [1.29, 1.82) is 0 Å². The van der Waals surface area contributed by atoms with Gasteiger partial charge in [0.25, 0.3) is 0 Å². The average Bonchev–Trinajstić information content (AvgIpc) is 3.07. The normalized spacial score (nSPS) is 21.8. The van der Waals surface area contributed by atoms with Crippen LogP contribution in [0.2, 0.25) is 0 Å². The average molecular weight is 705 g/mol. The summed E-state index contributed by atoms with van der Waals surface area (Å²) >= 11 is 0. The van der Waals surface area contributed by atoms with Crippen LogP contribution in [0.4, 0.5) is 0 Å². The number of carbonyl (C=O) groups is 8. The number of hydrogen-bond donors (Lipinski definition) is 5. The maximum Gasteiger partial charge on any atom is 0.246 e. The van der Waals surface area contributed by atoms with Gasteiger partial charge in [0, 0.05) is 12.1 Å². The summed E-state index contributed by atoms with van der Waals surface area (Å²) in [5, 5.41) is 9.66. The molecule has 16 heteroatoms. The van der Waals surface area contributed by atoms with Gasteiger partial charge in [-0.15, -0.1) is 0 Å². The molecule has 3 aliphatic rings. The molecule has 3 rings (SSSR count). The molecule has 0 bridgehead atoms. The summed E-state index contributed by atoms with van der Waals surface area (Å²) in [4.78, 5) is 109. The molecule has 1 aliphatic heterocycles. The molecule has 1 heterocycles. The first-order valence-corrected chi connectivity index (χ1v) is 18.0. The number of nitrogens with two attached hydrogens (primary N) is 1. The van der Waals surface area contributed by atoms with Crippen LogP contribution in [0, 0.1) is 11.8 Å². The third-order valence-corrected chi connectivity index (χ3v) is 9.70. The molecule has 1 saturated heterocycles. The number of nitrogens with zero attached hydrogens (tertiary/aromatic N) is 3. The fourth-order valence-electron chi connectivity index (χ4n) is 7.29. The van der Waals surface area contributed by atoms with Crippen molar-refractivity contribution in [2.45, 2.75) is 116 Å². The van der Waals surface area contributed by atoms with Gasteiger partial charge in [0.05, 0.1) is 26.2 Å². The zero-order chi connectivity index (χ0) is 37.0. The Kier molecular flexibility index (Phi) is 15.5. The van der Waals surface area contributed by atoms with Crippen LogP contribution in [-0.4, -0.2) is 125 Å². The van der Waals surface area contributed by atoms with Crippen LogP contribution >= 0.6 is 0 Å². The van der Waals surface area contributed by atoms with Gasteiger partial charge in [-0.3, -0.25) is 38.4 Å². The second kappa shape index (κ2) is 19.2. The first kappa shape index (κ1) is 40.2. The monoisotopic (exact) mass is 704 g/mol. The van der Waals surface area contributed by atoms with E-state index in [1.165, 1.54) is 4.90 Å². The molecule has 2 saturated carbocycles. The van der Waals surface area contributed by atoms with Crippen LogP contribution in [0.5, 0.6) is 0 Å². The SMILES string of the molecule is CC(C)C(C(N)=O)N1CC(=O)NCC(=O)NCC(=O)N(C(C(=O)N(C2CCCCC2)C2CCCCC2)C(C)C)CC(=O)NCC(=O)NCC1=O. The first-order chi connectivity index (χ1) is 23.7. The van der Waals surface area contributed by atoms with Crippen molar-refractivity contribution in [2.75, 3.05) is 39.3 Å². The number of rotatable bonds is 8. The predicted molar refractivity (Wildman–Crippen MR) is 183 cm³/mol. The lowest BCUT2D eigenvalue weighted by molar-refractivity contribution is -0.153. The molecule has 0 spiro atoms. The summed E-state index contributed by atoms with van der Waals surface area (Å²) in [6.07, 6.45) is 9.75. The van der Waals surface area contributed by atoms with Crippen LogP contribution in [0.3, 0.4) is 0 Å². The smallest absolute Gasteiger partial charge is 0.246 e. The molecule has 0 aromatic heterocycles. The summed E-state index contributed by atoms with van der Waals surface area (Å²) in [5.74, 6) is -6.36. The second-order valence-electron chi connectivity index (χ2n) is 14.3. The Bertz CT molecular complexity index is 1240. The minimum absolute atomic E-state index is 0.0365. The predicted octanol–water partition coefficient (Wildman–Crippen LogP) is -0.849. The van der Waals surface area contributed by atoms with Crippen LogP contribution in [0.25, 0.3) is 0 Å². The van der Waals surface area contributed by atoms with E-state index in [0.29, 0.717) is 0 Å². The molecule has 280 valence electrons. The van der Waals surface area contributed by atoms with Crippen molar-refractivity contribution in [3.05, 3.63) is 0 Å². The van der Waals surface area contributed by atoms with Gasteiger partial charge in [-0.05, 0) is 37.5 Å². The molecule has 50 heavy (non-hydrogen) atoms. The van der Waals surface area contributed by atoms with E-state index in [2.05, 4.69) is 21.3 Å². The third kappa shape index (κ3) is 11.4. The van der Waals surface area contributed by atoms with Crippen molar-refractivity contribution in [3.8, 4) is 0 Å². The summed E-state index contributed by atoms with van der Waals surface area (Å²) in [7, 11) is 0. The van der Waals surface area contributed by atoms with Gasteiger partial charge < -0.3 is 41.7 Å². The van der Waals surface area contributed by atoms with E-state index in [0.717, 1.165) is 69.1 Å². The summed E-state index contributed by atoms with van der Waals surface area (Å²) < 4.78 is 0. The minimum Gasteiger partial charge on any atom is -0.368 e. The number of hydrogen-bond acceptors (Lipinski definition) is 8. The van der Waals surface area contributed by atoms with Crippen molar-refractivity contribution in [1.82, 2.24) is 36.0 Å². The number of nitrogens with one attached hydrogen (secondary N) is 4. The molecule has 2 aliphatic carbocycles. The number of amides is 8. The summed E-state index contributed by atoms with van der Waals surface area (Å²) in [6, 6.07) is -2.13. The van der Waals surface area contributed by atoms with Crippen LogP contribution < -0.4 is 27.0 Å². The van der Waals surface area contributed by atoms with E-state index in [-0.39, 0.29) is 18.0 Å². The molecule has 0 aromatic rings. The second-order valence-corrected chi connectivity index (χ2v) is 14.3. The molecule has 8 amide bonds. The van der Waals surface area contributed by atoms with Gasteiger partial charge in [-0.1, -0.05) is 66.2 Å². The molecular formula is C34H56N8O8.